The highest BCUT2D eigenvalue weighted by Crippen LogP contribution is 2.30. The predicted molar refractivity (Wildman–Crippen MR) is 125 cm³/mol. The van der Waals surface area contributed by atoms with Gasteiger partial charge in [-0.2, -0.15) is 13.2 Å². The first kappa shape index (κ1) is 27.1. The molecule has 7 nitrogen and oxygen atoms in total. The number of rotatable bonds is 12. The van der Waals surface area contributed by atoms with Gasteiger partial charge in [-0.05, 0) is 75.9 Å². The number of halogens is 3. The fourth-order valence-electron chi connectivity index (χ4n) is 3.14. The Balaban J connectivity index is 2.03. The summed E-state index contributed by atoms with van der Waals surface area (Å²) in [6.07, 6.45) is -0.802. The smallest absolute Gasteiger partial charge is 0.376 e. The van der Waals surface area contributed by atoms with E-state index < -0.39 is 17.6 Å². The summed E-state index contributed by atoms with van der Waals surface area (Å²) in [6, 6.07) is 7.42. The van der Waals surface area contributed by atoms with Crippen LogP contribution in [0.15, 0.2) is 42.6 Å². The Kier molecular flexibility index (Phi) is 9.85. The number of amides is 2. The van der Waals surface area contributed by atoms with E-state index in [2.05, 4.69) is 20.9 Å². The highest BCUT2D eigenvalue weighted by molar-refractivity contribution is 6.07. The van der Waals surface area contributed by atoms with Crippen LogP contribution in [0.5, 0.6) is 0 Å². The maximum Gasteiger partial charge on any atom is 0.416 e. The lowest BCUT2D eigenvalue weighted by molar-refractivity contribution is -0.137. The number of carbonyl (C=O) groups is 2. The lowest BCUT2D eigenvalue weighted by Gasteiger charge is -2.23. The van der Waals surface area contributed by atoms with Crippen molar-refractivity contribution in [1.82, 2.24) is 10.3 Å². The van der Waals surface area contributed by atoms with Crippen molar-refractivity contribution in [2.45, 2.75) is 45.4 Å². The number of alkyl halides is 3. The van der Waals surface area contributed by atoms with Gasteiger partial charge in [-0.3, -0.25) is 9.59 Å². The molecule has 0 saturated heterocycles. The van der Waals surface area contributed by atoms with Crippen LogP contribution >= 0.6 is 0 Å². The van der Waals surface area contributed by atoms with E-state index in [0.717, 1.165) is 18.6 Å². The number of aromatic nitrogens is 1. The van der Waals surface area contributed by atoms with Crippen LogP contribution in [0, 0.1) is 5.92 Å². The number of benzene rings is 1. The summed E-state index contributed by atoms with van der Waals surface area (Å²) in [5.74, 6) is 0.00484. The molecule has 10 heteroatoms. The number of hydrogen-bond donors (Lipinski definition) is 3. The van der Waals surface area contributed by atoms with Crippen molar-refractivity contribution in [2.24, 2.45) is 5.92 Å². The summed E-state index contributed by atoms with van der Waals surface area (Å²) in [5.41, 5.74) is -0.549. The Morgan fingerprint density at radius 3 is 2.44 bits per heavy atom. The molecule has 3 N–H and O–H groups in total. The van der Waals surface area contributed by atoms with E-state index in [1.807, 2.05) is 20.8 Å². The normalized spacial score (nSPS) is 12.6. The van der Waals surface area contributed by atoms with Gasteiger partial charge in [-0.15, -0.1) is 0 Å². The number of pyridine rings is 1. The molecule has 1 aromatic carbocycles. The van der Waals surface area contributed by atoms with Crippen molar-refractivity contribution in [3.63, 3.8) is 0 Å². The van der Waals surface area contributed by atoms with Crippen molar-refractivity contribution in [2.75, 3.05) is 30.3 Å². The van der Waals surface area contributed by atoms with E-state index in [0.29, 0.717) is 38.3 Å². The van der Waals surface area contributed by atoms with Crippen molar-refractivity contribution in [1.29, 1.82) is 0 Å². The second-order valence-electron chi connectivity index (χ2n) is 8.79. The molecule has 1 unspecified atom stereocenters. The van der Waals surface area contributed by atoms with Gasteiger partial charge in [0.15, 0.2) is 0 Å². The molecule has 2 rings (SSSR count). The van der Waals surface area contributed by atoms with Crippen LogP contribution < -0.4 is 16.0 Å². The SMILES string of the molecule is CC(C)(C)OCCC(CCNC=O)CNc1ncccc1C(=O)Nc1ccc(C(F)(F)F)cc1. The molecule has 0 aliphatic carbocycles. The largest absolute Gasteiger partial charge is 0.416 e. The molecule has 0 aliphatic rings. The Labute approximate surface area is 197 Å². The molecule has 0 saturated carbocycles. The minimum Gasteiger partial charge on any atom is -0.376 e. The van der Waals surface area contributed by atoms with E-state index in [1.54, 1.807) is 18.3 Å². The molecule has 2 amide bonds. The van der Waals surface area contributed by atoms with Gasteiger partial charge in [0.2, 0.25) is 6.41 Å². The first-order valence-corrected chi connectivity index (χ1v) is 11.0. The standard InChI is InChI=1S/C24H31F3N4O3/c1-23(2,3)34-14-11-17(10-13-28-16-32)15-30-21-20(5-4-12-29-21)22(33)31-19-8-6-18(7-9-19)24(25,26)27/h4-9,12,16-17H,10-11,13-15H2,1-3H3,(H,28,32)(H,29,30)(H,31,33). The molecule has 0 radical (unpaired) electrons. The molecule has 0 spiro atoms. The first-order chi connectivity index (χ1) is 16.0. The number of carbonyl (C=O) groups excluding carboxylic acids is 2. The average Bonchev–Trinajstić information content (AvgIpc) is 2.76. The van der Waals surface area contributed by atoms with Gasteiger partial charge < -0.3 is 20.7 Å². The van der Waals surface area contributed by atoms with Crippen LogP contribution in [-0.2, 0) is 15.7 Å². The highest BCUT2D eigenvalue weighted by Gasteiger charge is 2.30. The summed E-state index contributed by atoms with van der Waals surface area (Å²) < 4.78 is 44.1. The molecule has 34 heavy (non-hydrogen) atoms. The lowest BCUT2D eigenvalue weighted by atomic mass is 10.0. The number of nitrogens with one attached hydrogen (secondary N) is 3. The number of ether oxygens (including phenoxy) is 1. The summed E-state index contributed by atoms with van der Waals surface area (Å²) in [5, 5.41) is 8.45. The zero-order valence-electron chi connectivity index (χ0n) is 19.5. The van der Waals surface area contributed by atoms with Crippen LogP contribution in [-0.4, -0.2) is 42.6 Å². The second kappa shape index (κ2) is 12.4. The highest BCUT2D eigenvalue weighted by atomic mass is 19.4. The summed E-state index contributed by atoms with van der Waals surface area (Å²) in [6.45, 7) is 7.47. The first-order valence-electron chi connectivity index (χ1n) is 11.0. The third-order valence-electron chi connectivity index (χ3n) is 4.92. The number of hydrogen-bond acceptors (Lipinski definition) is 5. The average molecular weight is 481 g/mol. The van der Waals surface area contributed by atoms with E-state index in [1.165, 1.54) is 12.1 Å². The zero-order valence-corrected chi connectivity index (χ0v) is 19.5. The minimum atomic E-state index is -4.45. The number of anilines is 2. The van der Waals surface area contributed by atoms with E-state index in [4.69, 9.17) is 4.74 Å². The topological polar surface area (TPSA) is 92.3 Å². The van der Waals surface area contributed by atoms with Gasteiger partial charge in [-0.1, -0.05) is 0 Å². The van der Waals surface area contributed by atoms with Gasteiger partial charge in [0.05, 0.1) is 16.7 Å². The minimum absolute atomic E-state index is 0.141. The third kappa shape index (κ3) is 9.38. The molecule has 2 aromatic rings. The van der Waals surface area contributed by atoms with E-state index in [-0.39, 0.29) is 22.8 Å². The summed E-state index contributed by atoms with van der Waals surface area (Å²) in [7, 11) is 0. The predicted octanol–water partition coefficient (Wildman–Crippen LogP) is 4.72. The van der Waals surface area contributed by atoms with Gasteiger partial charge in [-0.25, -0.2) is 4.98 Å². The van der Waals surface area contributed by atoms with Crippen molar-refractivity contribution >= 4 is 23.8 Å². The van der Waals surface area contributed by atoms with Gasteiger partial charge in [0.25, 0.3) is 5.91 Å². The van der Waals surface area contributed by atoms with Gasteiger partial charge >= 0.3 is 6.18 Å². The Morgan fingerprint density at radius 2 is 1.82 bits per heavy atom. The molecule has 0 fully saturated rings. The Bertz CT molecular complexity index is 928. The maximum atomic E-state index is 12.8. The summed E-state index contributed by atoms with van der Waals surface area (Å²) >= 11 is 0. The zero-order chi connectivity index (χ0) is 25.2. The Hall–Kier alpha value is -3.14. The lowest BCUT2D eigenvalue weighted by Crippen LogP contribution is -2.26. The van der Waals surface area contributed by atoms with Crippen molar-refractivity contribution in [3.8, 4) is 0 Å². The monoisotopic (exact) mass is 480 g/mol. The van der Waals surface area contributed by atoms with Crippen molar-refractivity contribution < 1.29 is 27.5 Å². The van der Waals surface area contributed by atoms with Gasteiger partial charge in [0, 0.05) is 31.6 Å². The fourth-order valence-corrected chi connectivity index (χ4v) is 3.14. The molecule has 0 aliphatic heterocycles. The van der Waals surface area contributed by atoms with Crippen LogP contribution in [0.1, 0.15) is 49.5 Å². The Morgan fingerprint density at radius 1 is 1.12 bits per heavy atom. The molecule has 1 aromatic heterocycles. The van der Waals surface area contributed by atoms with E-state index in [9.17, 15) is 22.8 Å². The summed E-state index contributed by atoms with van der Waals surface area (Å²) in [4.78, 5) is 27.6. The molecule has 1 heterocycles. The third-order valence-corrected chi connectivity index (χ3v) is 4.92. The molecule has 1 atom stereocenters. The molecular weight excluding hydrogens is 449 g/mol. The number of nitrogens with zero attached hydrogens (tertiary/aromatic N) is 1. The van der Waals surface area contributed by atoms with E-state index >= 15 is 0 Å². The fraction of sp³-hybridized carbons (Fsp3) is 0.458. The van der Waals surface area contributed by atoms with Crippen LogP contribution in [0.2, 0.25) is 0 Å². The molecule has 0 bridgehead atoms. The van der Waals surface area contributed by atoms with Crippen molar-refractivity contribution in [3.05, 3.63) is 53.7 Å². The maximum absolute atomic E-state index is 12.8. The molecule has 186 valence electrons. The molecular formula is C24H31F3N4O3. The van der Waals surface area contributed by atoms with Crippen LogP contribution in [0.25, 0.3) is 0 Å². The van der Waals surface area contributed by atoms with Crippen LogP contribution in [0.3, 0.4) is 0 Å². The quantitative estimate of drug-likeness (QED) is 0.302. The second-order valence-corrected chi connectivity index (χ2v) is 8.79. The van der Waals surface area contributed by atoms with Crippen LogP contribution in [0.4, 0.5) is 24.7 Å². The van der Waals surface area contributed by atoms with Gasteiger partial charge in [0.1, 0.15) is 5.82 Å².